The first-order valence-electron chi connectivity index (χ1n) is 13.5. The fraction of sp³-hybridized carbons (Fsp3) is 0.414. The van der Waals surface area contributed by atoms with Crippen molar-refractivity contribution >= 4 is 22.9 Å². The molecule has 4 aromatic rings. The van der Waals surface area contributed by atoms with Crippen LogP contribution in [0, 0.1) is 0 Å². The van der Waals surface area contributed by atoms with E-state index in [1.165, 1.54) is 0 Å². The van der Waals surface area contributed by atoms with Crippen LogP contribution in [0.5, 0.6) is 5.75 Å². The lowest BCUT2D eigenvalue weighted by Crippen LogP contribution is -2.44. The average Bonchev–Trinajstić information content (AvgIpc) is 3.40. The van der Waals surface area contributed by atoms with Crippen LogP contribution in [0.15, 0.2) is 54.9 Å². The van der Waals surface area contributed by atoms with Gasteiger partial charge in [0.15, 0.2) is 17.0 Å². The maximum Gasteiger partial charge on any atom is 0.229 e. The molecule has 3 N–H and O–H groups in total. The van der Waals surface area contributed by atoms with Gasteiger partial charge in [-0.1, -0.05) is 42.5 Å². The largest absolute Gasteiger partial charge is 0.493 e. The number of para-hydroxylation sites is 1. The molecule has 0 radical (unpaired) electrons. The van der Waals surface area contributed by atoms with Crippen molar-refractivity contribution in [2.24, 2.45) is 0 Å². The van der Waals surface area contributed by atoms with Gasteiger partial charge in [0.2, 0.25) is 5.95 Å². The van der Waals surface area contributed by atoms with Crippen LogP contribution in [0.2, 0.25) is 0 Å². The molecule has 0 amide bonds. The fourth-order valence-corrected chi connectivity index (χ4v) is 4.63. The first kappa shape index (κ1) is 25.9. The van der Waals surface area contributed by atoms with Crippen molar-refractivity contribution in [3.63, 3.8) is 0 Å². The molecule has 0 bridgehead atoms. The second-order valence-electron chi connectivity index (χ2n) is 9.85. The van der Waals surface area contributed by atoms with E-state index in [1.54, 1.807) is 0 Å². The van der Waals surface area contributed by atoms with Crippen LogP contribution in [0.1, 0.15) is 38.3 Å². The van der Waals surface area contributed by atoms with Crippen LogP contribution in [0.4, 0.5) is 11.8 Å². The number of aliphatic hydroxyl groups is 1. The van der Waals surface area contributed by atoms with Crippen LogP contribution in [-0.2, 0) is 6.54 Å². The summed E-state index contributed by atoms with van der Waals surface area (Å²) in [6.45, 7) is 9.31. The molecule has 1 aliphatic heterocycles. The number of aromatic nitrogens is 4. The molecule has 1 saturated heterocycles. The first-order chi connectivity index (χ1) is 18.6. The van der Waals surface area contributed by atoms with E-state index in [4.69, 9.17) is 19.8 Å². The Morgan fingerprint density at radius 2 is 1.82 bits per heavy atom. The Balaban J connectivity index is 1.34. The summed E-state index contributed by atoms with van der Waals surface area (Å²) in [5, 5.41) is 15.9. The topological polar surface area (TPSA) is 100 Å². The lowest BCUT2D eigenvalue weighted by atomic mass is 10.0. The van der Waals surface area contributed by atoms with Crippen molar-refractivity contribution in [2.75, 3.05) is 49.6 Å². The summed E-state index contributed by atoms with van der Waals surface area (Å²) in [7, 11) is 0. The van der Waals surface area contributed by atoms with Gasteiger partial charge in [0.1, 0.15) is 5.75 Å². The quantitative estimate of drug-likeness (QED) is 0.255. The summed E-state index contributed by atoms with van der Waals surface area (Å²) in [6, 6.07) is 16.9. The van der Waals surface area contributed by atoms with Gasteiger partial charge in [-0.25, -0.2) is 4.98 Å². The number of piperazine rings is 1. The van der Waals surface area contributed by atoms with Crippen molar-refractivity contribution < 1.29 is 9.84 Å². The Bertz CT molecular complexity index is 1330. The van der Waals surface area contributed by atoms with Gasteiger partial charge < -0.3 is 29.9 Å². The lowest BCUT2D eigenvalue weighted by molar-refractivity contribution is 0.253. The zero-order valence-electron chi connectivity index (χ0n) is 22.2. The molecule has 5 rings (SSSR count). The number of imidazole rings is 1. The Morgan fingerprint density at radius 1 is 1.03 bits per heavy atom. The van der Waals surface area contributed by atoms with E-state index in [0.717, 1.165) is 84.4 Å². The van der Waals surface area contributed by atoms with Crippen LogP contribution in [-0.4, -0.2) is 64.0 Å². The normalized spacial score (nSPS) is 13.8. The summed E-state index contributed by atoms with van der Waals surface area (Å²) in [6.07, 6.45) is 3.43. The minimum atomic E-state index is 0.192. The Kier molecular flexibility index (Phi) is 8.35. The van der Waals surface area contributed by atoms with Crippen LogP contribution in [0.3, 0.4) is 0 Å². The molecular weight excluding hydrogens is 478 g/mol. The van der Waals surface area contributed by atoms with Crippen LogP contribution >= 0.6 is 0 Å². The first-order valence-corrected chi connectivity index (χ1v) is 13.5. The third-order valence-corrected chi connectivity index (χ3v) is 6.79. The predicted molar refractivity (Wildman–Crippen MR) is 152 cm³/mol. The molecule has 0 aliphatic carbocycles. The van der Waals surface area contributed by atoms with Crippen LogP contribution in [0.25, 0.3) is 22.3 Å². The number of nitrogens with one attached hydrogen (secondary N) is 2. The Hall–Kier alpha value is -3.69. The van der Waals surface area contributed by atoms with E-state index < -0.39 is 0 Å². The molecule has 9 heteroatoms. The number of anilines is 2. The van der Waals surface area contributed by atoms with E-state index in [9.17, 15) is 0 Å². The summed E-state index contributed by atoms with van der Waals surface area (Å²) in [4.78, 5) is 16.7. The van der Waals surface area contributed by atoms with Gasteiger partial charge in [-0.05, 0) is 43.9 Å². The number of unbranched alkanes of at least 4 members (excludes halogenated alkanes) is 1. The zero-order valence-corrected chi connectivity index (χ0v) is 22.2. The van der Waals surface area contributed by atoms with E-state index in [1.807, 2.05) is 24.5 Å². The second-order valence-corrected chi connectivity index (χ2v) is 9.85. The summed E-state index contributed by atoms with van der Waals surface area (Å²) < 4.78 is 8.10. The van der Waals surface area contributed by atoms with E-state index in [0.29, 0.717) is 13.2 Å². The molecule has 9 nitrogen and oxygen atoms in total. The monoisotopic (exact) mass is 515 g/mol. The number of hydrogen-bond donors (Lipinski definition) is 3. The molecule has 0 saturated carbocycles. The van der Waals surface area contributed by atoms with E-state index in [2.05, 4.69) is 69.3 Å². The standard InChI is InChI=1S/C29H37N7O2/c1-21(2)36-20-32-26-27(33-29(34-28(26)36)35-15-13-30-14-16-35)31-19-22-9-11-23(12-10-22)24-7-3-4-8-25(24)38-18-6-5-17-37/h3-4,7-12,20-21,30,37H,5-6,13-19H2,1-2H3,(H,31,33,34). The summed E-state index contributed by atoms with van der Waals surface area (Å²) >= 11 is 0. The number of benzene rings is 2. The molecule has 200 valence electrons. The maximum atomic E-state index is 9.01. The van der Waals surface area contributed by atoms with Crippen molar-refractivity contribution in [2.45, 2.75) is 39.3 Å². The molecule has 2 aromatic carbocycles. The van der Waals surface area contributed by atoms with Gasteiger partial charge in [0, 0.05) is 50.9 Å². The highest BCUT2D eigenvalue weighted by Crippen LogP contribution is 2.31. The highest BCUT2D eigenvalue weighted by molar-refractivity contribution is 5.84. The highest BCUT2D eigenvalue weighted by Gasteiger charge is 2.19. The Labute approximate surface area is 223 Å². The number of rotatable bonds is 11. The van der Waals surface area contributed by atoms with Crippen molar-refractivity contribution in [1.29, 1.82) is 0 Å². The molecule has 0 spiro atoms. The second kappa shape index (κ2) is 12.2. The van der Waals surface area contributed by atoms with Gasteiger partial charge in [0.25, 0.3) is 0 Å². The van der Waals surface area contributed by atoms with E-state index >= 15 is 0 Å². The number of hydrogen-bond acceptors (Lipinski definition) is 8. The number of fused-ring (bicyclic) bond motifs is 1. The molecule has 38 heavy (non-hydrogen) atoms. The number of nitrogens with zero attached hydrogens (tertiary/aromatic N) is 5. The highest BCUT2D eigenvalue weighted by atomic mass is 16.5. The fourth-order valence-electron chi connectivity index (χ4n) is 4.63. The Morgan fingerprint density at radius 3 is 2.58 bits per heavy atom. The molecule has 3 heterocycles. The zero-order chi connectivity index (χ0) is 26.3. The summed E-state index contributed by atoms with van der Waals surface area (Å²) in [5.74, 6) is 2.37. The van der Waals surface area contributed by atoms with Crippen molar-refractivity contribution in [1.82, 2.24) is 24.8 Å². The van der Waals surface area contributed by atoms with Gasteiger partial charge >= 0.3 is 0 Å². The van der Waals surface area contributed by atoms with Gasteiger partial charge in [0.05, 0.1) is 12.9 Å². The van der Waals surface area contributed by atoms with E-state index in [-0.39, 0.29) is 12.6 Å². The van der Waals surface area contributed by atoms with Crippen molar-refractivity contribution in [3.8, 4) is 16.9 Å². The molecule has 0 atom stereocenters. The molecular formula is C29H37N7O2. The molecule has 1 fully saturated rings. The number of ether oxygens (including phenoxy) is 1. The van der Waals surface area contributed by atoms with Gasteiger partial charge in [-0.2, -0.15) is 9.97 Å². The van der Waals surface area contributed by atoms with Gasteiger partial charge in [-0.15, -0.1) is 0 Å². The molecule has 0 unspecified atom stereocenters. The lowest BCUT2D eigenvalue weighted by Gasteiger charge is -2.27. The summed E-state index contributed by atoms with van der Waals surface area (Å²) in [5.41, 5.74) is 4.97. The van der Waals surface area contributed by atoms with Crippen LogP contribution < -0.4 is 20.3 Å². The minimum Gasteiger partial charge on any atom is -0.493 e. The number of aliphatic hydroxyl groups excluding tert-OH is 1. The van der Waals surface area contributed by atoms with Crippen molar-refractivity contribution in [3.05, 3.63) is 60.4 Å². The third kappa shape index (κ3) is 5.89. The maximum absolute atomic E-state index is 9.01. The van der Waals surface area contributed by atoms with Gasteiger partial charge in [-0.3, -0.25) is 0 Å². The minimum absolute atomic E-state index is 0.192. The molecule has 1 aliphatic rings. The SMILES string of the molecule is CC(C)n1cnc2c(NCc3ccc(-c4ccccc4OCCCCO)cc3)nc(N3CCNCC3)nc21. The third-order valence-electron chi connectivity index (χ3n) is 6.79. The predicted octanol–water partition coefficient (Wildman–Crippen LogP) is 4.25. The average molecular weight is 516 g/mol. The smallest absolute Gasteiger partial charge is 0.229 e. The molecule has 2 aromatic heterocycles.